The second-order valence-electron chi connectivity index (χ2n) is 4.68. The maximum absolute atomic E-state index is 12.6. The average molecular weight is 357 g/mol. The monoisotopic (exact) mass is 356 g/mol. The number of carbonyl (C=O) groups excluding carboxylic acids is 1. The van der Waals surface area contributed by atoms with E-state index in [2.05, 4.69) is 15.9 Å². The predicted octanol–water partition coefficient (Wildman–Crippen LogP) is 4.82. The average Bonchev–Trinajstić information content (AvgIpc) is 2.41. The minimum absolute atomic E-state index is 0.00868. The molecule has 0 atom stereocenters. The summed E-state index contributed by atoms with van der Waals surface area (Å²) in [5, 5.41) is 0. The van der Waals surface area contributed by atoms with E-state index in [0.29, 0.717) is 5.56 Å². The van der Waals surface area contributed by atoms with Crippen molar-refractivity contribution < 1.29 is 18.0 Å². The van der Waals surface area contributed by atoms with Crippen molar-refractivity contribution >= 4 is 21.7 Å². The Bertz CT molecular complexity index is 650. The Morgan fingerprint density at radius 2 is 1.71 bits per heavy atom. The smallest absolute Gasteiger partial charge is 0.299 e. The van der Waals surface area contributed by atoms with E-state index in [4.69, 9.17) is 0 Å². The molecule has 2 aromatic carbocycles. The van der Waals surface area contributed by atoms with Gasteiger partial charge in [0.15, 0.2) is 0 Å². The molecule has 0 bridgehead atoms. The lowest BCUT2D eigenvalue weighted by Crippen LogP contribution is -2.09. The van der Waals surface area contributed by atoms with E-state index in [-0.39, 0.29) is 18.6 Å². The van der Waals surface area contributed by atoms with E-state index in [1.165, 1.54) is 12.1 Å². The first-order valence-electron chi connectivity index (χ1n) is 6.27. The molecule has 0 saturated carbocycles. The highest BCUT2D eigenvalue weighted by Gasteiger charge is 2.30. The Balaban J connectivity index is 2.08. The Hall–Kier alpha value is -1.62. The van der Waals surface area contributed by atoms with Gasteiger partial charge in [0, 0.05) is 17.3 Å². The number of ketones is 1. The third-order valence-corrected chi connectivity index (χ3v) is 3.77. The van der Waals surface area contributed by atoms with Crippen molar-refractivity contribution in [2.45, 2.75) is 19.0 Å². The van der Waals surface area contributed by atoms with Crippen LogP contribution in [-0.2, 0) is 23.8 Å². The van der Waals surface area contributed by atoms with Crippen LogP contribution in [0.2, 0.25) is 0 Å². The van der Waals surface area contributed by atoms with Gasteiger partial charge in [0.25, 0.3) is 0 Å². The number of halogens is 4. The first-order valence-corrected chi connectivity index (χ1v) is 7.07. The number of benzene rings is 2. The van der Waals surface area contributed by atoms with Crippen molar-refractivity contribution in [1.29, 1.82) is 0 Å². The molecule has 0 unspecified atom stereocenters. The molecule has 0 aliphatic carbocycles. The van der Waals surface area contributed by atoms with Crippen molar-refractivity contribution in [3.05, 3.63) is 69.7 Å². The molecule has 0 N–H and O–H groups in total. The zero-order valence-corrected chi connectivity index (χ0v) is 12.5. The van der Waals surface area contributed by atoms with Gasteiger partial charge in [-0.2, -0.15) is 13.2 Å². The maximum Gasteiger partial charge on any atom is 0.416 e. The van der Waals surface area contributed by atoms with Crippen LogP contribution in [0.4, 0.5) is 13.2 Å². The molecule has 0 saturated heterocycles. The van der Waals surface area contributed by atoms with Crippen molar-refractivity contribution in [2.75, 3.05) is 0 Å². The summed E-state index contributed by atoms with van der Waals surface area (Å²) >= 11 is 3.35. The zero-order valence-electron chi connectivity index (χ0n) is 11.0. The molecule has 0 aromatic heterocycles. The Morgan fingerprint density at radius 3 is 2.38 bits per heavy atom. The molecule has 110 valence electrons. The predicted molar refractivity (Wildman–Crippen MR) is 78.0 cm³/mol. The van der Waals surface area contributed by atoms with E-state index >= 15 is 0 Å². The molecule has 0 amide bonds. The summed E-state index contributed by atoms with van der Waals surface area (Å²) in [4.78, 5) is 12.0. The molecular weight excluding hydrogens is 345 g/mol. The number of carbonyl (C=O) groups is 1. The Labute approximate surface area is 128 Å². The fourth-order valence-electron chi connectivity index (χ4n) is 2.00. The van der Waals surface area contributed by atoms with Gasteiger partial charge in [-0.1, -0.05) is 52.3 Å². The number of rotatable bonds is 4. The fourth-order valence-corrected chi connectivity index (χ4v) is 2.43. The van der Waals surface area contributed by atoms with Gasteiger partial charge < -0.3 is 0 Å². The molecule has 0 radical (unpaired) electrons. The lowest BCUT2D eigenvalue weighted by atomic mass is 10.0. The molecule has 5 heteroatoms. The van der Waals surface area contributed by atoms with E-state index in [1.807, 2.05) is 24.3 Å². The van der Waals surface area contributed by atoms with Crippen molar-refractivity contribution in [3.8, 4) is 0 Å². The summed E-state index contributed by atoms with van der Waals surface area (Å²) in [5.41, 5.74) is 0.477. The van der Waals surface area contributed by atoms with Crippen LogP contribution >= 0.6 is 15.9 Å². The Morgan fingerprint density at radius 1 is 1.00 bits per heavy atom. The van der Waals surface area contributed by atoms with Gasteiger partial charge in [0.05, 0.1) is 5.56 Å². The summed E-state index contributed by atoms with van der Waals surface area (Å²) < 4.78 is 38.7. The largest absolute Gasteiger partial charge is 0.416 e. The number of hydrogen-bond donors (Lipinski definition) is 0. The highest BCUT2D eigenvalue weighted by Crippen LogP contribution is 2.29. The van der Waals surface area contributed by atoms with E-state index in [0.717, 1.165) is 22.2 Å². The lowest BCUT2D eigenvalue weighted by Gasteiger charge is -2.08. The molecular formula is C16H12BrF3O. The van der Waals surface area contributed by atoms with Gasteiger partial charge in [-0.05, 0) is 23.3 Å². The maximum atomic E-state index is 12.6. The van der Waals surface area contributed by atoms with Crippen LogP contribution in [0.15, 0.2) is 53.0 Å². The second-order valence-corrected chi connectivity index (χ2v) is 5.54. The quantitative estimate of drug-likeness (QED) is 0.767. The molecule has 1 nitrogen and oxygen atoms in total. The third kappa shape index (κ3) is 4.43. The molecule has 2 aromatic rings. The molecule has 21 heavy (non-hydrogen) atoms. The van der Waals surface area contributed by atoms with E-state index in [9.17, 15) is 18.0 Å². The molecule has 0 fully saturated rings. The van der Waals surface area contributed by atoms with Gasteiger partial charge in [-0.15, -0.1) is 0 Å². The highest BCUT2D eigenvalue weighted by molar-refractivity contribution is 9.10. The summed E-state index contributed by atoms with van der Waals surface area (Å²) in [5.74, 6) is -0.124. The topological polar surface area (TPSA) is 17.1 Å². The van der Waals surface area contributed by atoms with Gasteiger partial charge in [-0.25, -0.2) is 0 Å². The van der Waals surface area contributed by atoms with Crippen molar-refractivity contribution in [3.63, 3.8) is 0 Å². The van der Waals surface area contributed by atoms with Crippen LogP contribution in [0.25, 0.3) is 0 Å². The number of Topliss-reactive ketones (excluding diaryl/α,β-unsaturated/α-hetero) is 1. The van der Waals surface area contributed by atoms with Gasteiger partial charge >= 0.3 is 6.18 Å². The minimum Gasteiger partial charge on any atom is -0.299 e. The first-order chi connectivity index (χ1) is 9.86. The van der Waals surface area contributed by atoms with Crippen LogP contribution in [0.5, 0.6) is 0 Å². The summed E-state index contributed by atoms with van der Waals surface area (Å²) in [7, 11) is 0. The minimum atomic E-state index is -4.39. The van der Waals surface area contributed by atoms with Crippen LogP contribution in [-0.4, -0.2) is 5.78 Å². The van der Waals surface area contributed by atoms with Gasteiger partial charge in [-0.3, -0.25) is 4.79 Å². The standard InChI is InChI=1S/C16H12BrF3O/c17-15-7-2-1-5-12(15)10-14(21)9-11-4-3-6-13(8-11)16(18,19)20/h1-8H,9-10H2. The molecule has 0 aliphatic heterocycles. The summed E-state index contributed by atoms with van der Waals surface area (Å²) in [6.45, 7) is 0. The lowest BCUT2D eigenvalue weighted by molar-refractivity contribution is -0.137. The number of hydrogen-bond acceptors (Lipinski definition) is 1. The molecule has 2 rings (SSSR count). The van der Waals surface area contributed by atoms with Crippen LogP contribution < -0.4 is 0 Å². The van der Waals surface area contributed by atoms with Gasteiger partial charge in [0.1, 0.15) is 5.78 Å². The SMILES string of the molecule is O=C(Cc1cccc(C(F)(F)F)c1)Cc1ccccc1Br. The van der Waals surface area contributed by atoms with Crippen molar-refractivity contribution in [2.24, 2.45) is 0 Å². The normalized spacial score (nSPS) is 11.4. The van der Waals surface area contributed by atoms with E-state index in [1.54, 1.807) is 0 Å². The van der Waals surface area contributed by atoms with Crippen LogP contribution in [0, 0.1) is 0 Å². The summed E-state index contributed by atoms with van der Waals surface area (Å²) in [6.07, 6.45) is -4.20. The zero-order chi connectivity index (χ0) is 15.5. The van der Waals surface area contributed by atoms with E-state index < -0.39 is 11.7 Å². The second kappa shape index (κ2) is 6.43. The number of alkyl halides is 3. The molecule has 0 spiro atoms. The summed E-state index contributed by atoms with van der Waals surface area (Å²) in [6, 6.07) is 12.2. The first kappa shape index (κ1) is 15.8. The highest BCUT2D eigenvalue weighted by atomic mass is 79.9. The third-order valence-electron chi connectivity index (χ3n) is 3.00. The molecule has 0 aliphatic rings. The molecule has 0 heterocycles. The van der Waals surface area contributed by atoms with Gasteiger partial charge in [0.2, 0.25) is 0 Å². The van der Waals surface area contributed by atoms with Crippen LogP contribution in [0.3, 0.4) is 0 Å². The Kier molecular flexibility index (Phi) is 4.83. The fraction of sp³-hybridized carbons (Fsp3) is 0.188. The van der Waals surface area contributed by atoms with Crippen molar-refractivity contribution in [1.82, 2.24) is 0 Å². The van der Waals surface area contributed by atoms with Crippen LogP contribution in [0.1, 0.15) is 16.7 Å².